The highest BCUT2D eigenvalue weighted by atomic mass is 35.5. The maximum absolute atomic E-state index is 12.7. The van der Waals surface area contributed by atoms with Crippen molar-refractivity contribution in [3.8, 4) is 5.75 Å². The summed E-state index contributed by atoms with van der Waals surface area (Å²) >= 11 is 6.00. The number of hydrogen-bond acceptors (Lipinski definition) is 6. The lowest BCUT2D eigenvalue weighted by Gasteiger charge is -2.37. The van der Waals surface area contributed by atoms with Gasteiger partial charge in [-0.25, -0.2) is 0 Å². The molecule has 8 heteroatoms. The first-order valence-electron chi connectivity index (χ1n) is 8.10. The number of hydrogen-bond donors (Lipinski definition) is 0. The zero-order valence-corrected chi connectivity index (χ0v) is 14.8. The van der Waals surface area contributed by atoms with E-state index in [-0.39, 0.29) is 28.2 Å². The van der Waals surface area contributed by atoms with Crippen molar-refractivity contribution in [3.05, 3.63) is 38.4 Å². The number of ether oxygens (including phenoxy) is 2. The maximum atomic E-state index is 12.7. The quantitative estimate of drug-likeness (QED) is 0.602. The van der Waals surface area contributed by atoms with Gasteiger partial charge in [0, 0.05) is 35.7 Å². The van der Waals surface area contributed by atoms with E-state index in [0.717, 1.165) is 0 Å². The second-order valence-corrected chi connectivity index (χ2v) is 6.77. The van der Waals surface area contributed by atoms with E-state index in [1.54, 1.807) is 12.1 Å². The van der Waals surface area contributed by atoms with Crippen LogP contribution in [0.15, 0.2) is 17.7 Å². The minimum absolute atomic E-state index is 0.0511. The van der Waals surface area contributed by atoms with E-state index in [1.807, 2.05) is 18.7 Å². The predicted octanol–water partition coefficient (Wildman–Crippen LogP) is 2.91. The molecule has 1 aromatic rings. The minimum Gasteiger partial charge on any atom is -0.463 e. The van der Waals surface area contributed by atoms with E-state index in [4.69, 9.17) is 21.1 Å². The van der Waals surface area contributed by atoms with Crippen LogP contribution in [0.1, 0.15) is 19.4 Å². The monoisotopic (exact) mass is 366 g/mol. The number of fused-ring (bicyclic) bond motifs is 1. The van der Waals surface area contributed by atoms with E-state index in [1.165, 1.54) is 6.07 Å². The molecule has 1 unspecified atom stereocenters. The number of benzene rings is 1. The number of Topliss-reactive ketones (excluding diaryl/α,β-unsaturated/α-hetero) is 1. The van der Waals surface area contributed by atoms with Crippen LogP contribution in [0.3, 0.4) is 0 Å². The third kappa shape index (κ3) is 3.53. The van der Waals surface area contributed by atoms with Crippen LogP contribution in [-0.2, 0) is 9.53 Å². The first-order valence-corrected chi connectivity index (χ1v) is 8.48. The van der Waals surface area contributed by atoms with Crippen LogP contribution in [0.25, 0.3) is 6.08 Å². The number of nitrogens with zero attached hydrogens (tertiary/aromatic N) is 2. The SMILES string of the molecule is CC(C)C(=O)C1=Cc2cc(Cl)cc([N+](=O)[O-])c2OC1N1CCOCC1. The molecule has 2 aliphatic heterocycles. The first kappa shape index (κ1) is 17.8. The highest BCUT2D eigenvalue weighted by molar-refractivity contribution is 6.31. The highest BCUT2D eigenvalue weighted by Crippen LogP contribution is 2.41. The van der Waals surface area contributed by atoms with Crippen LogP contribution in [0.2, 0.25) is 5.02 Å². The Bertz CT molecular complexity index is 741. The Labute approximate surface area is 150 Å². The molecule has 1 saturated heterocycles. The molecular weight excluding hydrogens is 348 g/mol. The van der Waals surface area contributed by atoms with Crippen molar-refractivity contribution in [1.82, 2.24) is 4.90 Å². The number of rotatable bonds is 4. The van der Waals surface area contributed by atoms with E-state index < -0.39 is 11.2 Å². The fraction of sp³-hybridized carbons (Fsp3) is 0.471. The third-order valence-corrected chi connectivity index (χ3v) is 4.47. The van der Waals surface area contributed by atoms with E-state index >= 15 is 0 Å². The average molecular weight is 367 g/mol. The molecule has 7 nitrogen and oxygen atoms in total. The zero-order valence-electron chi connectivity index (χ0n) is 14.0. The molecule has 0 amide bonds. The number of carbonyl (C=O) groups is 1. The molecule has 0 radical (unpaired) electrons. The lowest BCUT2D eigenvalue weighted by Crippen LogP contribution is -2.49. The van der Waals surface area contributed by atoms with Gasteiger partial charge in [-0.15, -0.1) is 0 Å². The molecule has 134 valence electrons. The molecular formula is C17H19ClN2O5. The van der Waals surface area contributed by atoms with Gasteiger partial charge in [-0.1, -0.05) is 25.4 Å². The molecule has 2 aliphatic rings. The van der Waals surface area contributed by atoms with Crippen molar-refractivity contribution in [1.29, 1.82) is 0 Å². The van der Waals surface area contributed by atoms with Gasteiger partial charge in [0.1, 0.15) is 0 Å². The standard InChI is InChI=1S/C17H19ClN2O5/c1-10(2)15(21)13-8-11-7-12(18)9-14(20(22)23)16(11)25-17(13)19-3-5-24-6-4-19/h7-10,17H,3-6H2,1-2H3. The van der Waals surface area contributed by atoms with Gasteiger partial charge in [0.15, 0.2) is 12.0 Å². The Morgan fingerprint density at radius 3 is 2.64 bits per heavy atom. The largest absolute Gasteiger partial charge is 0.463 e. The molecule has 0 bridgehead atoms. The highest BCUT2D eigenvalue weighted by Gasteiger charge is 2.37. The Balaban J connectivity index is 2.10. The Morgan fingerprint density at radius 2 is 2.04 bits per heavy atom. The summed E-state index contributed by atoms with van der Waals surface area (Å²) in [6.45, 7) is 5.86. The molecule has 0 saturated carbocycles. The number of ketones is 1. The van der Waals surface area contributed by atoms with Gasteiger partial charge in [-0.3, -0.25) is 19.8 Å². The molecule has 1 atom stereocenters. The zero-order chi connectivity index (χ0) is 18.1. The van der Waals surface area contributed by atoms with Gasteiger partial charge < -0.3 is 9.47 Å². The van der Waals surface area contributed by atoms with Gasteiger partial charge >= 0.3 is 5.69 Å². The smallest absolute Gasteiger partial charge is 0.313 e. The molecule has 1 fully saturated rings. The summed E-state index contributed by atoms with van der Waals surface area (Å²) in [5, 5.41) is 11.6. The van der Waals surface area contributed by atoms with E-state index in [2.05, 4.69) is 0 Å². The van der Waals surface area contributed by atoms with Crippen molar-refractivity contribution >= 4 is 29.1 Å². The van der Waals surface area contributed by atoms with E-state index in [0.29, 0.717) is 37.4 Å². The Morgan fingerprint density at radius 1 is 1.36 bits per heavy atom. The number of halogens is 1. The Hall–Kier alpha value is -1.96. The summed E-state index contributed by atoms with van der Waals surface area (Å²) in [7, 11) is 0. The predicted molar refractivity (Wildman–Crippen MR) is 92.7 cm³/mol. The van der Waals surface area contributed by atoms with Crippen molar-refractivity contribution in [2.45, 2.75) is 20.1 Å². The number of morpholine rings is 1. The molecule has 2 heterocycles. The Kier molecular flexibility index (Phi) is 5.08. The fourth-order valence-corrected chi connectivity index (χ4v) is 3.22. The molecule has 0 aromatic heterocycles. The van der Waals surface area contributed by atoms with Gasteiger partial charge in [0.05, 0.1) is 23.7 Å². The summed E-state index contributed by atoms with van der Waals surface area (Å²) in [6.07, 6.45) is 1.01. The maximum Gasteiger partial charge on any atom is 0.313 e. The van der Waals surface area contributed by atoms with Gasteiger partial charge in [-0.2, -0.15) is 0 Å². The number of carbonyl (C=O) groups excluding carboxylic acids is 1. The number of nitro benzene ring substituents is 1. The topological polar surface area (TPSA) is 81.9 Å². The fourth-order valence-electron chi connectivity index (χ4n) is 2.99. The molecule has 0 aliphatic carbocycles. The summed E-state index contributed by atoms with van der Waals surface area (Å²) in [6, 6.07) is 2.84. The molecule has 0 N–H and O–H groups in total. The molecule has 1 aromatic carbocycles. The van der Waals surface area contributed by atoms with Crippen molar-refractivity contribution < 1.29 is 19.2 Å². The van der Waals surface area contributed by atoms with Crippen molar-refractivity contribution in [3.63, 3.8) is 0 Å². The first-order chi connectivity index (χ1) is 11.9. The number of nitro groups is 1. The van der Waals surface area contributed by atoms with Crippen molar-refractivity contribution in [2.75, 3.05) is 26.3 Å². The minimum atomic E-state index is -0.661. The summed E-state index contributed by atoms with van der Waals surface area (Å²) in [5.74, 6) is -0.120. The van der Waals surface area contributed by atoms with Gasteiger partial charge in [-0.05, 0) is 12.1 Å². The molecule has 0 spiro atoms. The van der Waals surface area contributed by atoms with Gasteiger partial charge in [0.25, 0.3) is 0 Å². The summed E-state index contributed by atoms with van der Waals surface area (Å²) in [5.41, 5.74) is 0.738. The lowest BCUT2D eigenvalue weighted by atomic mass is 9.94. The normalized spacial score (nSPS) is 20.6. The van der Waals surface area contributed by atoms with Gasteiger partial charge in [0.2, 0.25) is 5.75 Å². The van der Waals surface area contributed by atoms with Crippen molar-refractivity contribution in [2.24, 2.45) is 5.92 Å². The summed E-state index contributed by atoms with van der Waals surface area (Å²) in [4.78, 5) is 25.5. The van der Waals surface area contributed by atoms with Crippen LogP contribution in [-0.4, -0.2) is 48.1 Å². The second-order valence-electron chi connectivity index (χ2n) is 6.34. The third-order valence-electron chi connectivity index (χ3n) is 4.25. The lowest BCUT2D eigenvalue weighted by molar-refractivity contribution is -0.386. The summed E-state index contributed by atoms with van der Waals surface area (Å²) < 4.78 is 11.3. The molecule has 3 rings (SSSR count). The van der Waals surface area contributed by atoms with Crippen LogP contribution in [0.4, 0.5) is 5.69 Å². The van der Waals surface area contributed by atoms with Crippen LogP contribution in [0, 0.1) is 16.0 Å². The second kappa shape index (κ2) is 7.11. The van der Waals surface area contributed by atoms with E-state index in [9.17, 15) is 14.9 Å². The average Bonchev–Trinajstić information content (AvgIpc) is 2.59. The molecule has 25 heavy (non-hydrogen) atoms. The van der Waals surface area contributed by atoms with Crippen LogP contribution < -0.4 is 4.74 Å². The van der Waals surface area contributed by atoms with Crippen LogP contribution >= 0.6 is 11.6 Å². The van der Waals surface area contributed by atoms with Crippen LogP contribution in [0.5, 0.6) is 5.75 Å².